The summed E-state index contributed by atoms with van der Waals surface area (Å²) in [5.74, 6) is 1.85. The third-order valence-corrected chi connectivity index (χ3v) is 5.37. The van der Waals surface area contributed by atoms with Gasteiger partial charge in [-0.3, -0.25) is 4.79 Å². The standard InChI is InChI=1S/C23H31N3O3/c1-19-4-3-5-22(16-19)29-15-10-24-23(27)18-26-13-11-25(12-14-26)17-20-6-8-21(28-2)9-7-20/h3-9,16H,10-15,17-18H2,1-2H3,(H,24,27)/p+2. The minimum absolute atomic E-state index is 0.103. The Morgan fingerprint density at radius 3 is 2.41 bits per heavy atom. The molecule has 3 rings (SSSR count). The molecule has 2 aromatic carbocycles. The molecule has 0 saturated carbocycles. The SMILES string of the molecule is COc1ccc(C[NH+]2CC[NH+](CC(=O)NCCOc3cccc(C)c3)CC2)cc1. The highest BCUT2D eigenvalue weighted by Crippen LogP contribution is 2.12. The molecule has 29 heavy (non-hydrogen) atoms. The summed E-state index contributed by atoms with van der Waals surface area (Å²) in [6, 6.07) is 16.3. The number of methoxy groups -OCH3 is 1. The molecule has 0 aliphatic carbocycles. The Morgan fingerprint density at radius 2 is 1.72 bits per heavy atom. The van der Waals surface area contributed by atoms with Gasteiger partial charge in [0, 0.05) is 5.56 Å². The summed E-state index contributed by atoms with van der Waals surface area (Å²) in [6.45, 7) is 8.86. The molecular weight excluding hydrogens is 366 g/mol. The fourth-order valence-electron chi connectivity index (χ4n) is 3.70. The predicted molar refractivity (Wildman–Crippen MR) is 113 cm³/mol. The summed E-state index contributed by atoms with van der Waals surface area (Å²) in [6.07, 6.45) is 0. The number of quaternary nitrogens is 2. The number of carbonyl (C=O) groups is 1. The van der Waals surface area contributed by atoms with E-state index in [2.05, 4.69) is 17.4 Å². The van der Waals surface area contributed by atoms with E-state index < -0.39 is 0 Å². The van der Waals surface area contributed by atoms with E-state index in [0.29, 0.717) is 19.7 Å². The van der Waals surface area contributed by atoms with Crippen molar-refractivity contribution < 1.29 is 24.1 Å². The molecule has 0 atom stereocenters. The van der Waals surface area contributed by atoms with Crippen LogP contribution >= 0.6 is 0 Å². The number of hydrogen-bond acceptors (Lipinski definition) is 3. The molecule has 1 aliphatic rings. The Balaban J connectivity index is 1.30. The van der Waals surface area contributed by atoms with E-state index in [-0.39, 0.29) is 5.91 Å². The van der Waals surface area contributed by atoms with E-state index in [0.717, 1.165) is 44.2 Å². The van der Waals surface area contributed by atoms with Crippen LogP contribution in [0.1, 0.15) is 11.1 Å². The first-order valence-corrected chi connectivity index (χ1v) is 10.4. The Bertz CT molecular complexity index is 771. The van der Waals surface area contributed by atoms with Crippen LogP contribution in [-0.2, 0) is 11.3 Å². The van der Waals surface area contributed by atoms with Gasteiger partial charge in [0.05, 0.1) is 13.7 Å². The van der Waals surface area contributed by atoms with Crippen LogP contribution in [0.2, 0.25) is 0 Å². The minimum atomic E-state index is 0.103. The summed E-state index contributed by atoms with van der Waals surface area (Å²) in [7, 11) is 1.69. The summed E-state index contributed by atoms with van der Waals surface area (Å²) in [4.78, 5) is 15.1. The smallest absolute Gasteiger partial charge is 0.275 e. The Kier molecular flexibility index (Phi) is 7.90. The first-order valence-electron chi connectivity index (χ1n) is 10.4. The molecule has 1 fully saturated rings. The molecule has 6 heteroatoms. The molecule has 6 nitrogen and oxygen atoms in total. The molecule has 2 aromatic rings. The molecule has 3 N–H and O–H groups in total. The molecule has 0 bridgehead atoms. The highest BCUT2D eigenvalue weighted by Gasteiger charge is 2.24. The van der Waals surface area contributed by atoms with Crippen molar-refractivity contribution in [1.29, 1.82) is 0 Å². The van der Waals surface area contributed by atoms with E-state index in [1.54, 1.807) is 12.0 Å². The lowest BCUT2D eigenvalue weighted by atomic mass is 10.2. The van der Waals surface area contributed by atoms with Gasteiger partial charge in [-0.05, 0) is 48.9 Å². The molecule has 0 spiro atoms. The van der Waals surface area contributed by atoms with Crippen LogP contribution in [0.3, 0.4) is 0 Å². The van der Waals surface area contributed by atoms with Gasteiger partial charge in [-0.15, -0.1) is 0 Å². The van der Waals surface area contributed by atoms with Crippen LogP contribution in [0.15, 0.2) is 48.5 Å². The summed E-state index contributed by atoms with van der Waals surface area (Å²) >= 11 is 0. The van der Waals surface area contributed by atoms with Gasteiger partial charge in [0.25, 0.3) is 5.91 Å². The zero-order valence-corrected chi connectivity index (χ0v) is 17.5. The van der Waals surface area contributed by atoms with E-state index in [9.17, 15) is 4.79 Å². The van der Waals surface area contributed by atoms with E-state index in [4.69, 9.17) is 9.47 Å². The average molecular weight is 400 g/mol. The number of nitrogens with one attached hydrogen (secondary N) is 3. The van der Waals surface area contributed by atoms with E-state index >= 15 is 0 Å². The van der Waals surface area contributed by atoms with Gasteiger partial charge < -0.3 is 24.6 Å². The fraction of sp³-hybridized carbons (Fsp3) is 0.435. The molecule has 0 radical (unpaired) electrons. The molecule has 156 valence electrons. The lowest BCUT2D eigenvalue weighted by Crippen LogP contribution is -3.28. The van der Waals surface area contributed by atoms with Gasteiger partial charge in [0.1, 0.15) is 50.8 Å². The average Bonchev–Trinajstić information content (AvgIpc) is 2.73. The monoisotopic (exact) mass is 399 g/mol. The summed E-state index contributed by atoms with van der Waals surface area (Å²) in [5.41, 5.74) is 2.50. The zero-order valence-electron chi connectivity index (χ0n) is 17.5. The third kappa shape index (κ3) is 7.07. The second-order valence-electron chi connectivity index (χ2n) is 7.72. The molecule has 0 unspecified atom stereocenters. The quantitative estimate of drug-likeness (QED) is 0.498. The zero-order chi connectivity index (χ0) is 20.5. The minimum Gasteiger partial charge on any atom is -0.497 e. The lowest BCUT2D eigenvalue weighted by molar-refractivity contribution is -1.02. The van der Waals surface area contributed by atoms with E-state index in [1.165, 1.54) is 16.0 Å². The van der Waals surface area contributed by atoms with Gasteiger partial charge in [0.15, 0.2) is 6.54 Å². The first kappa shape index (κ1) is 21.1. The topological polar surface area (TPSA) is 56.4 Å². The number of aryl methyl sites for hydroxylation is 1. The maximum Gasteiger partial charge on any atom is 0.275 e. The lowest BCUT2D eigenvalue weighted by Gasteiger charge is -2.29. The number of amides is 1. The number of hydrogen-bond donors (Lipinski definition) is 3. The molecule has 1 aliphatic heterocycles. The maximum absolute atomic E-state index is 12.2. The van der Waals surface area contributed by atoms with Crippen molar-refractivity contribution in [3.05, 3.63) is 59.7 Å². The van der Waals surface area contributed by atoms with Crippen molar-refractivity contribution in [3.63, 3.8) is 0 Å². The van der Waals surface area contributed by atoms with Crippen LogP contribution in [0.5, 0.6) is 11.5 Å². The van der Waals surface area contributed by atoms with Crippen molar-refractivity contribution >= 4 is 5.91 Å². The van der Waals surface area contributed by atoms with Crippen molar-refractivity contribution in [3.8, 4) is 11.5 Å². The third-order valence-electron chi connectivity index (χ3n) is 5.37. The van der Waals surface area contributed by atoms with Gasteiger partial charge in [-0.1, -0.05) is 12.1 Å². The molecule has 1 heterocycles. The van der Waals surface area contributed by atoms with Crippen molar-refractivity contribution in [2.45, 2.75) is 13.5 Å². The second-order valence-corrected chi connectivity index (χ2v) is 7.72. The summed E-state index contributed by atoms with van der Waals surface area (Å²) < 4.78 is 10.9. The molecular formula is C23H33N3O3+2. The second kappa shape index (κ2) is 10.8. The predicted octanol–water partition coefficient (Wildman–Crippen LogP) is -0.518. The van der Waals surface area contributed by atoms with Gasteiger partial charge >= 0.3 is 0 Å². The van der Waals surface area contributed by atoms with Crippen LogP contribution in [0, 0.1) is 6.92 Å². The number of benzene rings is 2. The molecule has 1 saturated heterocycles. The number of piperazine rings is 1. The normalized spacial score (nSPS) is 18.8. The van der Waals surface area contributed by atoms with Gasteiger partial charge in [-0.25, -0.2) is 0 Å². The summed E-state index contributed by atoms with van der Waals surface area (Å²) in [5, 5.41) is 2.97. The van der Waals surface area contributed by atoms with Gasteiger partial charge in [0.2, 0.25) is 0 Å². The van der Waals surface area contributed by atoms with Crippen LogP contribution < -0.4 is 24.6 Å². The van der Waals surface area contributed by atoms with Gasteiger partial charge in [-0.2, -0.15) is 0 Å². The highest BCUT2D eigenvalue weighted by molar-refractivity contribution is 5.76. The molecule has 1 amide bonds. The van der Waals surface area contributed by atoms with Crippen LogP contribution in [0.25, 0.3) is 0 Å². The largest absolute Gasteiger partial charge is 0.497 e. The van der Waals surface area contributed by atoms with Crippen molar-refractivity contribution in [2.75, 3.05) is 53.0 Å². The Hall–Kier alpha value is -2.57. The number of ether oxygens (including phenoxy) is 2. The van der Waals surface area contributed by atoms with Crippen LogP contribution in [-0.4, -0.2) is 58.9 Å². The molecule has 0 aromatic heterocycles. The number of carbonyl (C=O) groups excluding carboxylic acids is 1. The number of rotatable bonds is 9. The van der Waals surface area contributed by atoms with E-state index in [1.807, 2.05) is 43.3 Å². The Morgan fingerprint density at radius 1 is 1.00 bits per heavy atom. The van der Waals surface area contributed by atoms with Crippen molar-refractivity contribution in [1.82, 2.24) is 5.32 Å². The van der Waals surface area contributed by atoms with Crippen molar-refractivity contribution in [2.24, 2.45) is 0 Å². The highest BCUT2D eigenvalue weighted by atomic mass is 16.5. The van der Waals surface area contributed by atoms with Crippen LogP contribution in [0.4, 0.5) is 0 Å². The first-order chi connectivity index (χ1) is 14.1. The fourth-order valence-corrected chi connectivity index (χ4v) is 3.70. The Labute approximate surface area is 173 Å². The maximum atomic E-state index is 12.2.